The summed E-state index contributed by atoms with van der Waals surface area (Å²) < 4.78 is 10.9. The SMILES string of the molecule is CCNC(=NCCC1CCCO1)N1CCC(COC)C1. The van der Waals surface area contributed by atoms with E-state index in [9.17, 15) is 0 Å². The van der Waals surface area contributed by atoms with E-state index in [2.05, 4.69) is 17.1 Å². The van der Waals surface area contributed by atoms with Crippen LogP contribution >= 0.6 is 0 Å². The van der Waals surface area contributed by atoms with Gasteiger partial charge in [-0.1, -0.05) is 0 Å². The number of hydrogen-bond donors (Lipinski definition) is 1. The van der Waals surface area contributed by atoms with Crippen molar-refractivity contribution in [2.45, 2.75) is 38.7 Å². The molecule has 5 nitrogen and oxygen atoms in total. The van der Waals surface area contributed by atoms with Gasteiger partial charge in [0.05, 0.1) is 12.7 Å². The first-order chi connectivity index (χ1) is 9.83. The number of hydrogen-bond acceptors (Lipinski definition) is 3. The van der Waals surface area contributed by atoms with E-state index in [1.54, 1.807) is 7.11 Å². The average molecular weight is 283 g/mol. The number of methoxy groups -OCH3 is 1. The molecule has 2 fully saturated rings. The summed E-state index contributed by atoms with van der Waals surface area (Å²) in [5.41, 5.74) is 0. The molecule has 2 heterocycles. The second-order valence-electron chi connectivity index (χ2n) is 5.72. The minimum absolute atomic E-state index is 0.432. The lowest BCUT2D eigenvalue weighted by molar-refractivity contribution is 0.106. The van der Waals surface area contributed by atoms with Crippen molar-refractivity contribution in [1.82, 2.24) is 10.2 Å². The summed E-state index contributed by atoms with van der Waals surface area (Å²) in [6.45, 7) is 7.82. The van der Waals surface area contributed by atoms with E-state index >= 15 is 0 Å². The van der Waals surface area contributed by atoms with E-state index in [1.165, 1.54) is 19.3 Å². The Morgan fingerprint density at radius 3 is 3.05 bits per heavy atom. The first kappa shape index (κ1) is 15.6. The fourth-order valence-electron chi connectivity index (χ4n) is 3.01. The Morgan fingerprint density at radius 2 is 2.35 bits per heavy atom. The van der Waals surface area contributed by atoms with Crippen LogP contribution in [0.15, 0.2) is 4.99 Å². The third kappa shape index (κ3) is 4.63. The van der Waals surface area contributed by atoms with E-state index in [-0.39, 0.29) is 0 Å². The van der Waals surface area contributed by atoms with Crippen LogP contribution in [0.1, 0.15) is 32.6 Å². The van der Waals surface area contributed by atoms with Crippen molar-refractivity contribution < 1.29 is 9.47 Å². The predicted octanol–water partition coefficient (Wildman–Crippen LogP) is 1.49. The molecule has 0 aromatic heterocycles. The minimum Gasteiger partial charge on any atom is -0.384 e. The van der Waals surface area contributed by atoms with Crippen molar-refractivity contribution in [3.05, 3.63) is 0 Å². The number of rotatable bonds is 6. The van der Waals surface area contributed by atoms with Gasteiger partial charge in [0, 0.05) is 45.8 Å². The molecular weight excluding hydrogens is 254 g/mol. The van der Waals surface area contributed by atoms with Crippen LogP contribution in [0.25, 0.3) is 0 Å². The van der Waals surface area contributed by atoms with Crippen LogP contribution in [-0.2, 0) is 9.47 Å². The summed E-state index contributed by atoms with van der Waals surface area (Å²) in [6.07, 6.45) is 5.08. The molecule has 2 aliphatic heterocycles. The van der Waals surface area contributed by atoms with Gasteiger partial charge in [-0.25, -0.2) is 0 Å². The highest BCUT2D eigenvalue weighted by molar-refractivity contribution is 5.80. The topological polar surface area (TPSA) is 46.1 Å². The highest BCUT2D eigenvalue weighted by atomic mass is 16.5. The van der Waals surface area contributed by atoms with Crippen LogP contribution in [0, 0.1) is 5.92 Å². The molecule has 2 aliphatic rings. The number of aliphatic imine (C=N–C) groups is 1. The quantitative estimate of drug-likeness (QED) is 0.592. The van der Waals surface area contributed by atoms with Gasteiger partial charge < -0.3 is 19.7 Å². The predicted molar refractivity (Wildman–Crippen MR) is 81.1 cm³/mol. The van der Waals surface area contributed by atoms with Gasteiger partial charge in [0.1, 0.15) is 0 Å². The monoisotopic (exact) mass is 283 g/mol. The van der Waals surface area contributed by atoms with E-state index < -0.39 is 0 Å². The van der Waals surface area contributed by atoms with Crippen molar-refractivity contribution in [1.29, 1.82) is 0 Å². The second kappa shape index (κ2) is 8.47. The Morgan fingerprint density at radius 1 is 1.45 bits per heavy atom. The Kier molecular flexibility index (Phi) is 6.60. The lowest BCUT2D eigenvalue weighted by Crippen LogP contribution is -2.40. The van der Waals surface area contributed by atoms with Crippen LogP contribution < -0.4 is 5.32 Å². The minimum atomic E-state index is 0.432. The highest BCUT2D eigenvalue weighted by Crippen LogP contribution is 2.17. The van der Waals surface area contributed by atoms with Gasteiger partial charge in [-0.15, -0.1) is 0 Å². The largest absolute Gasteiger partial charge is 0.384 e. The summed E-state index contributed by atoms with van der Waals surface area (Å²) in [5, 5.41) is 3.41. The normalized spacial score (nSPS) is 27.3. The maximum Gasteiger partial charge on any atom is 0.193 e. The fraction of sp³-hybridized carbons (Fsp3) is 0.933. The Bertz CT molecular complexity index is 303. The number of likely N-dealkylation sites (tertiary alicyclic amines) is 1. The van der Waals surface area contributed by atoms with Crippen molar-refractivity contribution in [2.24, 2.45) is 10.9 Å². The maximum absolute atomic E-state index is 5.65. The molecular formula is C15H29N3O2. The zero-order valence-corrected chi connectivity index (χ0v) is 12.9. The molecule has 0 aliphatic carbocycles. The zero-order valence-electron chi connectivity index (χ0n) is 12.9. The number of ether oxygens (including phenoxy) is 2. The van der Waals surface area contributed by atoms with E-state index in [0.29, 0.717) is 12.0 Å². The maximum atomic E-state index is 5.65. The molecule has 0 aromatic rings. The molecule has 5 heteroatoms. The van der Waals surface area contributed by atoms with Crippen LogP contribution in [-0.4, -0.2) is 63.5 Å². The summed E-state index contributed by atoms with van der Waals surface area (Å²) in [5.74, 6) is 1.70. The second-order valence-corrected chi connectivity index (χ2v) is 5.72. The Hall–Kier alpha value is -0.810. The van der Waals surface area contributed by atoms with E-state index in [4.69, 9.17) is 14.5 Å². The molecule has 0 amide bonds. The standard InChI is InChI=1S/C15H29N3O2/c1-3-16-15(17-8-6-14-5-4-10-20-14)18-9-7-13(11-18)12-19-2/h13-14H,3-12H2,1-2H3,(H,16,17). The molecule has 20 heavy (non-hydrogen) atoms. The lowest BCUT2D eigenvalue weighted by Gasteiger charge is -2.21. The molecule has 2 atom stereocenters. The first-order valence-corrected chi connectivity index (χ1v) is 7.97. The van der Waals surface area contributed by atoms with E-state index in [0.717, 1.165) is 51.8 Å². The summed E-state index contributed by atoms with van der Waals surface area (Å²) in [7, 11) is 1.78. The van der Waals surface area contributed by atoms with Gasteiger partial charge in [0.15, 0.2) is 5.96 Å². The van der Waals surface area contributed by atoms with Gasteiger partial charge in [-0.2, -0.15) is 0 Å². The molecule has 0 saturated carbocycles. The van der Waals surface area contributed by atoms with Crippen LogP contribution in [0.4, 0.5) is 0 Å². The first-order valence-electron chi connectivity index (χ1n) is 7.97. The van der Waals surface area contributed by atoms with Gasteiger partial charge in [-0.3, -0.25) is 4.99 Å². The van der Waals surface area contributed by atoms with Gasteiger partial charge in [0.25, 0.3) is 0 Å². The molecule has 0 bridgehead atoms. The zero-order chi connectivity index (χ0) is 14.2. The smallest absolute Gasteiger partial charge is 0.193 e. The molecule has 116 valence electrons. The molecule has 0 spiro atoms. The lowest BCUT2D eigenvalue weighted by atomic mass is 10.1. The summed E-state index contributed by atoms with van der Waals surface area (Å²) in [6, 6.07) is 0. The van der Waals surface area contributed by atoms with Crippen LogP contribution in [0.5, 0.6) is 0 Å². The third-order valence-electron chi connectivity index (χ3n) is 4.06. The molecule has 2 unspecified atom stereocenters. The van der Waals surface area contributed by atoms with E-state index in [1.807, 2.05) is 0 Å². The van der Waals surface area contributed by atoms with Crippen molar-refractivity contribution in [2.75, 3.05) is 46.5 Å². The van der Waals surface area contributed by atoms with Crippen LogP contribution in [0.2, 0.25) is 0 Å². The molecule has 0 aromatic carbocycles. The summed E-state index contributed by atoms with van der Waals surface area (Å²) in [4.78, 5) is 7.13. The molecule has 0 radical (unpaired) electrons. The molecule has 1 N–H and O–H groups in total. The number of nitrogens with zero attached hydrogens (tertiary/aromatic N) is 2. The molecule has 2 rings (SSSR count). The average Bonchev–Trinajstić information content (AvgIpc) is 3.09. The Labute approximate surface area is 122 Å². The van der Waals surface area contributed by atoms with Crippen molar-refractivity contribution in [3.8, 4) is 0 Å². The Balaban J connectivity index is 1.79. The van der Waals surface area contributed by atoms with Crippen LogP contribution in [0.3, 0.4) is 0 Å². The number of nitrogens with one attached hydrogen (secondary N) is 1. The van der Waals surface area contributed by atoms with Crippen molar-refractivity contribution in [3.63, 3.8) is 0 Å². The highest BCUT2D eigenvalue weighted by Gasteiger charge is 2.24. The van der Waals surface area contributed by atoms with Gasteiger partial charge in [0.2, 0.25) is 0 Å². The van der Waals surface area contributed by atoms with Crippen molar-refractivity contribution >= 4 is 5.96 Å². The molecule has 2 saturated heterocycles. The fourth-order valence-corrected chi connectivity index (χ4v) is 3.01. The van der Waals surface area contributed by atoms with Gasteiger partial charge >= 0.3 is 0 Å². The number of guanidine groups is 1. The summed E-state index contributed by atoms with van der Waals surface area (Å²) >= 11 is 0. The third-order valence-corrected chi connectivity index (χ3v) is 4.06. The van der Waals surface area contributed by atoms with Gasteiger partial charge in [-0.05, 0) is 32.6 Å².